The van der Waals surface area contributed by atoms with E-state index in [0.29, 0.717) is 16.6 Å². The van der Waals surface area contributed by atoms with E-state index in [1.807, 2.05) is 44.2 Å². The molecule has 8 heteroatoms. The summed E-state index contributed by atoms with van der Waals surface area (Å²) in [6.07, 6.45) is 2.51. The van der Waals surface area contributed by atoms with Crippen molar-refractivity contribution in [1.29, 1.82) is 0 Å². The molecule has 0 saturated heterocycles. The molecule has 1 N–H and O–H groups in total. The molecule has 0 saturated carbocycles. The summed E-state index contributed by atoms with van der Waals surface area (Å²) < 4.78 is 6.89. The highest BCUT2D eigenvalue weighted by Crippen LogP contribution is 2.21. The van der Waals surface area contributed by atoms with Crippen LogP contribution in [0.15, 0.2) is 52.5 Å². The number of pyridine rings is 1. The van der Waals surface area contributed by atoms with Crippen molar-refractivity contribution in [3.8, 4) is 5.75 Å². The lowest BCUT2D eigenvalue weighted by Gasteiger charge is -2.15. The average molecular weight is 439 g/mol. The zero-order valence-electron chi connectivity index (χ0n) is 18.1. The van der Waals surface area contributed by atoms with E-state index < -0.39 is 0 Å². The van der Waals surface area contributed by atoms with Crippen molar-refractivity contribution in [2.24, 2.45) is 0 Å². The number of hydrogen-bond acceptors (Lipinski definition) is 6. The van der Waals surface area contributed by atoms with Crippen LogP contribution in [0.4, 0.5) is 5.69 Å². The molecule has 1 aromatic carbocycles. The number of hydrogen-bond donors (Lipinski definition) is 1. The van der Waals surface area contributed by atoms with Gasteiger partial charge in [0.15, 0.2) is 10.9 Å². The van der Waals surface area contributed by atoms with Gasteiger partial charge in [-0.1, -0.05) is 30.8 Å². The number of thioether (sulfide) groups is 1. The molecule has 31 heavy (non-hydrogen) atoms. The second-order valence-electron chi connectivity index (χ2n) is 7.15. The van der Waals surface area contributed by atoms with Gasteiger partial charge in [-0.3, -0.25) is 9.59 Å². The number of amides is 1. The maximum atomic E-state index is 12.7. The fourth-order valence-electron chi connectivity index (χ4n) is 3.09. The van der Waals surface area contributed by atoms with Crippen LogP contribution in [0.2, 0.25) is 0 Å². The lowest BCUT2D eigenvalue weighted by Crippen LogP contribution is -2.22. The van der Waals surface area contributed by atoms with Gasteiger partial charge in [0.2, 0.25) is 11.3 Å². The molecule has 162 valence electrons. The molecule has 0 fully saturated rings. The van der Waals surface area contributed by atoms with E-state index in [4.69, 9.17) is 4.74 Å². The lowest BCUT2D eigenvalue weighted by molar-refractivity contribution is -0.116. The van der Waals surface area contributed by atoms with E-state index in [0.717, 1.165) is 23.5 Å². The third-order valence-electron chi connectivity index (χ3n) is 4.67. The van der Waals surface area contributed by atoms with Crippen LogP contribution in [-0.4, -0.2) is 27.6 Å². The fraction of sp³-hybridized carbons (Fsp3) is 0.304. The van der Waals surface area contributed by atoms with Crippen LogP contribution in [0.3, 0.4) is 0 Å². The Morgan fingerprint density at radius 2 is 1.81 bits per heavy atom. The SMILES string of the molecule is CCc1ccc(NC(=O)Cn2cc(OC)c(=O)cc2CSc2nc(C)cc(C)n2)cc1. The minimum absolute atomic E-state index is 0.0514. The third kappa shape index (κ3) is 6.18. The van der Waals surface area contributed by atoms with Crippen molar-refractivity contribution >= 4 is 23.4 Å². The molecule has 0 bridgehead atoms. The number of nitrogens with one attached hydrogen (secondary N) is 1. The van der Waals surface area contributed by atoms with Gasteiger partial charge in [0.05, 0.1) is 13.3 Å². The summed E-state index contributed by atoms with van der Waals surface area (Å²) in [5.74, 6) is 0.445. The van der Waals surface area contributed by atoms with Gasteiger partial charge in [0, 0.05) is 34.6 Å². The second-order valence-corrected chi connectivity index (χ2v) is 8.09. The lowest BCUT2D eigenvalue weighted by atomic mass is 10.1. The van der Waals surface area contributed by atoms with Crippen LogP contribution in [0.25, 0.3) is 0 Å². The number of nitrogens with zero attached hydrogens (tertiary/aromatic N) is 3. The van der Waals surface area contributed by atoms with E-state index in [1.54, 1.807) is 10.8 Å². The van der Waals surface area contributed by atoms with Gasteiger partial charge in [-0.15, -0.1) is 0 Å². The molecule has 2 heterocycles. The second kappa shape index (κ2) is 10.3. The van der Waals surface area contributed by atoms with Gasteiger partial charge in [0.1, 0.15) is 6.54 Å². The molecule has 3 aromatic rings. The maximum absolute atomic E-state index is 12.7. The molecule has 2 aromatic heterocycles. The Hall–Kier alpha value is -3.13. The molecule has 0 aliphatic heterocycles. The average Bonchev–Trinajstić information content (AvgIpc) is 2.73. The largest absolute Gasteiger partial charge is 0.491 e. The number of carbonyl (C=O) groups excluding carboxylic acids is 1. The van der Waals surface area contributed by atoms with E-state index >= 15 is 0 Å². The molecule has 0 radical (unpaired) electrons. The normalized spacial score (nSPS) is 10.7. The molecule has 1 amide bonds. The summed E-state index contributed by atoms with van der Waals surface area (Å²) in [5, 5.41) is 3.53. The van der Waals surface area contributed by atoms with E-state index in [9.17, 15) is 9.59 Å². The highest BCUT2D eigenvalue weighted by molar-refractivity contribution is 7.98. The maximum Gasteiger partial charge on any atom is 0.244 e. The number of rotatable bonds is 8. The Labute approximate surface area is 185 Å². The van der Waals surface area contributed by atoms with Crippen molar-refractivity contribution in [1.82, 2.24) is 14.5 Å². The Kier molecular flexibility index (Phi) is 7.46. The van der Waals surface area contributed by atoms with Crippen LogP contribution >= 0.6 is 11.8 Å². The molecule has 0 atom stereocenters. The third-order valence-corrected chi connectivity index (χ3v) is 5.55. The van der Waals surface area contributed by atoms with Gasteiger partial charge in [-0.25, -0.2) is 9.97 Å². The summed E-state index contributed by atoms with van der Waals surface area (Å²) in [7, 11) is 1.44. The number of aryl methyl sites for hydroxylation is 3. The number of carbonyl (C=O) groups is 1. The molecule has 3 rings (SSSR count). The van der Waals surface area contributed by atoms with Crippen LogP contribution in [0.1, 0.15) is 29.6 Å². The van der Waals surface area contributed by atoms with Gasteiger partial charge in [-0.05, 0) is 44.0 Å². The van der Waals surface area contributed by atoms with Crippen molar-refractivity contribution in [3.63, 3.8) is 0 Å². The highest BCUT2D eigenvalue weighted by Gasteiger charge is 2.12. The summed E-state index contributed by atoms with van der Waals surface area (Å²) in [4.78, 5) is 33.8. The topological polar surface area (TPSA) is 86.1 Å². The van der Waals surface area contributed by atoms with Gasteiger partial charge in [-0.2, -0.15) is 0 Å². The van der Waals surface area contributed by atoms with Crippen LogP contribution in [-0.2, 0) is 23.5 Å². The zero-order valence-corrected chi connectivity index (χ0v) is 19.0. The van der Waals surface area contributed by atoms with Crippen molar-refractivity contribution in [2.75, 3.05) is 12.4 Å². The number of anilines is 1. The molecule has 0 unspecified atom stereocenters. The van der Waals surface area contributed by atoms with Crippen LogP contribution in [0, 0.1) is 13.8 Å². The smallest absolute Gasteiger partial charge is 0.244 e. The Bertz CT molecular complexity index is 1110. The Balaban J connectivity index is 1.78. The van der Waals surface area contributed by atoms with Crippen molar-refractivity contribution < 1.29 is 9.53 Å². The quantitative estimate of drug-likeness (QED) is 0.426. The first-order valence-corrected chi connectivity index (χ1v) is 11.0. The van der Waals surface area contributed by atoms with Gasteiger partial charge >= 0.3 is 0 Å². The molecule has 0 aliphatic rings. The summed E-state index contributed by atoms with van der Waals surface area (Å²) in [6.45, 7) is 5.97. The Morgan fingerprint density at radius 3 is 2.42 bits per heavy atom. The first-order valence-electron chi connectivity index (χ1n) is 9.99. The number of ether oxygens (including phenoxy) is 1. The van der Waals surface area contributed by atoms with Crippen molar-refractivity contribution in [3.05, 3.63) is 75.5 Å². The van der Waals surface area contributed by atoms with Crippen LogP contribution < -0.4 is 15.5 Å². The molecular weight excluding hydrogens is 412 g/mol. The fourth-order valence-corrected chi connectivity index (χ4v) is 4.04. The first kappa shape index (κ1) is 22.6. The van der Waals surface area contributed by atoms with Crippen molar-refractivity contribution in [2.45, 2.75) is 44.6 Å². The Morgan fingerprint density at radius 1 is 1.13 bits per heavy atom. The summed E-state index contributed by atoms with van der Waals surface area (Å²) in [6, 6.07) is 11.2. The summed E-state index contributed by atoms with van der Waals surface area (Å²) in [5.41, 5.74) is 4.17. The highest BCUT2D eigenvalue weighted by atomic mass is 32.2. The monoisotopic (exact) mass is 438 g/mol. The van der Waals surface area contributed by atoms with E-state index in [1.165, 1.54) is 30.5 Å². The minimum Gasteiger partial charge on any atom is -0.491 e. The van der Waals surface area contributed by atoms with E-state index in [2.05, 4.69) is 22.2 Å². The zero-order chi connectivity index (χ0) is 22.4. The predicted molar refractivity (Wildman–Crippen MR) is 123 cm³/mol. The summed E-state index contributed by atoms with van der Waals surface area (Å²) >= 11 is 1.42. The van der Waals surface area contributed by atoms with Gasteiger partial charge < -0.3 is 14.6 Å². The van der Waals surface area contributed by atoms with Crippen LogP contribution in [0.5, 0.6) is 5.75 Å². The standard InChI is InChI=1S/C23H26N4O3S/c1-5-17-6-8-18(9-7-17)26-22(29)13-27-12-21(30-4)20(28)11-19(27)14-31-23-24-15(2)10-16(3)25-23/h6-12H,5,13-14H2,1-4H3,(H,26,29). The number of methoxy groups -OCH3 is 1. The number of aromatic nitrogens is 3. The molecular formula is C23H26N4O3S. The molecule has 0 spiro atoms. The first-order chi connectivity index (χ1) is 14.9. The number of benzene rings is 1. The minimum atomic E-state index is -0.230. The molecule has 0 aliphatic carbocycles. The van der Waals surface area contributed by atoms with E-state index in [-0.39, 0.29) is 23.6 Å². The molecule has 7 nitrogen and oxygen atoms in total. The predicted octanol–water partition coefficient (Wildman–Crippen LogP) is 3.76. The van der Waals surface area contributed by atoms with Gasteiger partial charge in [0.25, 0.3) is 0 Å².